The van der Waals surface area contributed by atoms with Crippen molar-refractivity contribution in [1.82, 2.24) is 0 Å². The van der Waals surface area contributed by atoms with Gasteiger partial charge < -0.3 is 9.15 Å². The lowest BCUT2D eigenvalue weighted by Gasteiger charge is -2.12. The molecule has 0 aliphatic rings. The normalized spacial score (nSPS) is 11.0. The molecule has 0 bridgehead atoms. The van der Waals surface area contributed by atoms with Gasteiger partial charge in [-0.15, -0.1) is 0 Å². The predicted molar refractivity (Wildman–Crippen MR) is 118 cm³/mol. The standard InChI is InChI=1S/C25H21ClO3/c1-3-17-8-13-22-21(14-17)23(27)25(28-15-18-6-4-16(2)5-7-18)24(29-22)19-9-11-20(26)12-10-19/h4-14H,3,15H2,1-2H3. The molecule has 1 heterocycles. The molecular formula is C25H21ClO3. The van der Waals surface area contributed by atoms with Crippen LogP contribution in [0, 0.1) is 6.92 Å². The fourth-order valence-electron chi connectivity index (χ4n) is 3.21. The third kappa shape index (κ3) is 4.06. The minimum absolute atomic E-state index is 0.168. The highest BCUT2D eigenvalue weighted by Gasteiger charge is 2.18. The lowest BCUT2D eigenvalue weighted by molar-refractivity contribution is 0.298. The van der Waals surface area contributed by atoms with Gasteiger partial charge in [0.2, 0.25) is 11.2 Å². The summed E-state index contributed by atoms with van der Waals surface area (Å²) in [6.07, 6.45) is 0.841. The Morgan fingerprint density at radius 3 is 2.31 bits per heavy atom. The van der Waals surface area contributed by atoms with Crippen molar-refractivity contribution in [3.8, 4) is 17.1 Å². The van der Waals surface area contributed by atoms with E-state index in [0.717, 1.165) is 23.1 Å². The Morgan fingerprint density at radius 1 is 0.931 bits per heavy atom. The molecular weight excluding hydrogens is 384 g/mol. The van der Waals surface area contributed by atoms with Gasteiger partial charge in [-0.05, 0) is 60.9 Å². The van der Waals surface area contributed by atoms with Crippen molar-refractivity contribution in [1.29, 1.82) is 0 Å². The van der Waals surface area contributed by atoms with Gasteiger partial charge in [0, 0.05) is 10.6 Å². The highest BCUT2D eigenvalue weighted by atomic mass is 35.5. The molecule has 4 aromatic rings. The van der Waals surface area contributed by atoms with Crippen molar-refractivity contribution in [3.63, 3.8) is 0 Å². The van der Waals surface area contributed by atoms with E-state index in [2.05, 4.69) is 6.92 Å². The molecule has 29 heavy (non-hydrogen) atoms. The largest absolute Gasteiger partial charge is 0.481 e. The zero-order valence-corrected chi connectivity index (χ0v) is 17.1. The summed E-state index contributed by atoms with van der Waals surface area (Å²) in [7, 11) is 0. The van der Waals surface area contributed by atoms with Gasteiger partial charge in [0.1, 0.15) is 12.2 Å². The molecule has 1 aromatic heterocycles. The van der Waals surface area contributed by atoms with Crippen LogP contribution in [-0.2, 0) is 13.0 Å². The maximum Gasteiger partial charge on any atom is 0.235 e. The molecule has 0 aliphatic heterocycles. The second-order valence-corrected chi connectivity index (χ2v) is 7.49. The van der Waals surface area contributed by atoms with Gasteiger partial charge >= 0.3 is 0 Å². The fraction of sp³-hybridized carbons (Fsp3) is 0.160. The van der Waals surface area contributed by atoms with Crippen LogP contribution in [0.5, 0.6) is 5.75 Å². The SMILES string of the molecule is CCc1ccc2oc(-c3ccc(Cl)cc3)c(OCc3ccc(C)cc3)c(=O)c2c1. The average Bonchev–Trinajstić information content (AvgIpc) is 2.74. The first-order valence-corrected chi connectivity index (χ1v) is 9.97. The molecule has 4 rings (SSSR count). The molecule has 0 radical (unpaired) electrons. The Bertz CT molecular complexity index is 1210. The van der Waals surface area contributed by atoms with Crippen molar-refractivity contribution in [2.45, 2.75) is 26.9 Å². The van der Waals surface area contributed by atoms with Gasteiger partial charge in [0.05, 0.1) is 5.39 Å². The molecule has 0 aliphatic carbocycles. The minimum atomic E-state index is -0.168. The van der Waals surface area contributed by atoms with E-state index < -0.39 is 0 Å². The van der Waals surface area contributed by atoms with Gasteiger partial charge in [0.25, 0.3) is 0 Å². The summed E-state index contributed by atoms with van der Waals surface area (Å²) in [5.74, 6) is 0.629. The first-order chi connectivity index (χ1) is 14.0. The molecule has 4 heteroatoms. The van der Waals surface area contributed by atoms with E-state index in [9.17, 15) is 4.79 Å². The van der Waals surface area contributed by atoms with Crippen molar-refractivity contribution < 1.29 is 9.15 Å². The van der Waals surface area contributed by atoms with E-state index in [4.69, 9.17) is 20.8 Å². The summed E-state index contributed by atoms with van der Waals surface area (Å²) < 4.78 is 12.2. The molecule has 0 amide bonds. The Morgan fingerprint density at radius 2 is 1.62 bits per heavy atom. The third-order valence-corrected chi connectivity index (χ3v) is 5.18. The van der Waals surface area contributed by atoms with Gasteiger partial charge in [-0.2, -0.15) is 0 Å². The van der Waals surface area contributed by atoms with Crippen molar-refractivity contribution in [2.24, 2.45) is 0 Å². The fourth-order valence-corrected chi connectivity index (χ4v) is 3.33. The highest BCUT2D eigenvalue weighted by Crippen LogP contribution is 2.32. The quantitative estimate of drug-likeness (QED) is 0.378. The smallest absolute Gasteiger partial charge is 0.235 e. The molecule has 0 saturated heterocycles. The number of aryl methyl sites for hydroxylation is 2. The van der Waals surface area contributed by atoms with Gasteiger partial charge in [-0.25, -0.2) is 0 Å². The number of hydrogen-bond acceptors (Lipinski definition) is 3. The number of halogens is 1. The van der Waals surface area contributed by atoms with Crippen LogP contribution in [0.15, 0.2) is 75.9 Å². The second kappa shape index (κ2) is 8.14. The van der Waals surface area contributed by atoms with Gasteiger partial charge in [0.15, 0.2) is 5.76 Å². The van der Waals surface area contributed by atoms with Gasteiger partial charge in [-0.3, -0.25) is 4.79 Å². The number of rotatable bonds is 5. The molecule has 0 atom stereocenters. The van der Waals surface area contributed by atoms with Crippen molar-refractivity contribution in [3.05, 3.63) is 98.7 Å². The van der Waals surface area contributed by atoms with Crippen LogP contribution in [0.25, 0.3) is 22.3 Å². The highest BCUT2D eigenvalue weighted by molar-refractivity contribution is 6.30. The van der Waals surface area contributed by atoms with E-state index in [1.54, 1.807) is 12.1 Å². The van der Waals surface area contributed by atoms with Crippen LogP contribution >= 0.6 is 11.6 Å². The van der Waals surface area contributed by atoms with E-state index >= 15 is 0 Å². The van der Waals surface area contributed by atoms with Crippen LogP contribution in [0.3, 0.4) is 0 Å². The second-order valence-electron chi connectivity index (χ2n) is 7.05. The van der Waals surface area contributed by atoms with E-state index in [0.29, 0.717) is 21.8 Å². The van der Waals surface area contributed by atoms with E-state index in [1.165, 1.54) is 5.56 Å². The zero-order valence-electron chi connectivity index (χ0n) is 16.4. The Hall–Kier alpha value is -3.04. The molecule has 3 nitrogen and oxygen atoms in total. The number of benzene rings is 3. The topological polar surface area (TPSA) is 39.4 Å². The minimum Gasteiger partial charge on any atom is -0.481 e. The molecule has 0 unspecified atom stereocenters. The maximum absolute atomic E-state index is 13.3. The van der Waals surface area contributed by atoms with Crippen LogP contribution in [-0.4, -0.2) is 0 Å². The Labute approximate surface area is 174 Å². The number of ether oxygens (including phenoxy) is 1. The van der Waals surface area contributed by atoms with Crippen LogP contribution < -0.4 is 10.2 Å². The van der Waals surface area contributed by atoms with E-state index in [1.807, 2.05) is 61.5 Å². The molecule has 0 N–H and O–H groups in total. The zero-order chi connectivity index (χ0) is 20.4. The van der Waals surface area contributed by atoms with Crippen LogP contribution in [0.4, 0.5) is 0 Å². The Kier molecular flexibility index (Phi) is 5.41. The summed E-state index contributed by atoms with van der Waals surface area (Å²) >= 11 is 6.03. The summed E-state index contributed by atoms with van der Waals surface area (Å²) in [6, 6.07) is 20.9. The first kappa shape index (κ1) is 19.3. The monoisotopic (exact) mass is 404 g/mol. The van der Waals surface area contributed by atoms with E-state index in [-0.39, 0.29) is 17.8 Å². The average molecular weight is 405 g/mol. The Balaban J connectivity index is 1.84. The van der Waals surface area contributed by atoms with Gasteiger partial charge in [-0.1, -0.05) is 54.4 Å². The summed E-state index contributed by atoms with van der Waals surface area (Å²) in [5, 5.41) is 1.15. The molecule has 0 saturated carbocycles. The molecule has 0 spiro atoms. The number of hydrogen-bond donors (Lipinski definition) is 0. The maximum atomic E-state index is 13.3. The summed E-state index contributed by atoms with van der Waals surface area (Å²) in [4.78, 5) is 13.3. The third-order valence-electron chi connectivity index (χ3n) is 4.93. The first-order valence-electron chi connectivity index (χ1n) is 9.59. The van der Waals surface area contributed by atoms with Crippen LogP contribution in [0.2, 0.25) is 5.02 Å². The molecule has 0 fully saturated rings. The lowest BCUT2D eigenvalue weighted by atomic mass is 10.1. The van der Waals surface area contributed by atoms with Crippen LogP contribution in [0.1, 0.15) is 23.6 Å². The lowest BCUT2D eigenvalue weighted by Crippen LogP contribution is -2.10. The van der Waals surface area contributed by atoms with Crippen molar-refractivity contribution in [2.75, 3.05) is 0 Å². The van der Waals surface area contributed by atoms with Crippen molar-refractivity contribution >= 4 is 22.6 Å². The number of fused-ring (bicyclic) bond motifs is 1. The molecule has 3 aromatic carbocycles. The predicted octanol–water partition coefficient (Wildman–Crippen LogP) is 6.56. The summed E-state index contributed by atoms with van der Waals surface area (Å²) in [6.45, 7) is 4.37. The molecule has 146 valence electrons. The summed E-state index contributed by atoms with van der Waals surface area (Å²) in [5.41, 5.74) is 4.35.